The molecule has 5 heterocycles. The van der Waals surface area contributed by atoms with Crippen LogP contribution in [0.5, 0.6) is 5.88 Å². The summed E-state index contributed by atoms with van der Waals surface area (Å²) in [5, 5.41) is 17.0. The Morgan fingerprint density at radius 3 is 2.92 bits per heavy atom. The summed E-state index contributed by atoms with van der Waals surface area (Å²) >= 11 is 0. The summed E-state index contributed by atoms with van der Waals surface area (Å²) in [7, 11) is 0. The van der Waals surface area contributed by atoms with Gasteiger partial charge in [0, 0.05) is 6.54 Å². The third kappa shape index (κ3) is 2.23. The number of carbonyl (C=O) groups excluding carboxylic acids is 1. The van der Waals surface area contributed by atoms with E-state index in [1.165, 1.54) is 0 Å². The molecule has 8 heteroatoms. The van der Waals surface area contributed by atoms with Gasteiger partial charge in [0.25, 0.3) is 0 Å². The van der Waals surface area contributed by atoms with Crippen LogP contribution in [0.1, 0.15) is 31.0 Å². The normalized spacial score (nSPS) is 29.9. The number of nitrogens with two attached hydrogens (primary N) is 1. The van der Waals surface area contributed by atoms with E-state index in [0.717, 1.165) is 31.5 Å². The van der Waals surface area contributed by atoms with Crippen molar-refractivity contribution >= 4 is 5.97 Å². The van der Waals surface area contributed by atoms with Gasteiger partial charge in [0.15, 0.2) is 0 Å². The van der Waals surface area contributed by atoms with E-state index in [1.54, 1.807) is 6.92 Å². The van der Waals surface area contributed by atoms with Gasteiger partial charge in [0.05, 0.1) is 29.7 Å². The minimum absolute atomic E-state index is 0.0760. The molecule has 1 aromatic heterocycles. The summed E-state index contributed by atoms with van der Waals surface area (Å²) in [5.74, 6) is 0.459. The Morgan fingerprint density at radius 1 is 1.56 bits per heavy atom. The van der Waals surface area contributed by atoms with E-state index >= 15 is 0 Å². The summed E-state index contributed by atoms with van der Waals surface area (Å²) in [6.07, 6.45) is 2.05. The van der Waals surface area contributed by atoms with Crippen molar-refractivity contribution < 1.29 is 14.3 Å². The lowest BCUT2D eigenvalue weighted by Gasteiger charge is -2.54. The predicted molar refractivity (Wildman–Crippen MR) is 87.2 cm³/mol. The van der Waals surface area contributed by atoms with Gasteiger partial charge in [-0.05, 0) is 38.8 Å². The number of hydrogen-bond donors (Lipinski definition) is 2. The summed E-state index contributed by atoms with van der Waals surface area (Å²) in [4.78, 5) is 14.4. The van der Waals surface area contributed by atoms with Gasteiger partial charge in [-0.3, -0.25) is 9.89 Å². The number of hydrogen-bond acceptors (Lipinski definition) is 7. The Hall–Kier alpha value is -2.53. The first-order valence-corrected chi connectivity index (χ1v) is 8.64. The highest BCUT2D eigenvalue weighted by atomic mass is 16.5. The van der Waals surface area contributed by atoms with Gasteiger partial charge in [-0.25, -0.2) is 0 Å². The molecule has 1 atom stereocenters. The molecular formula is C17H21N5O3. The smallest absolute Gasteiger partial charge is 0.311 e. The Morgan fingerprint density at radius 2 is 2.32 bits per heavy atom. The van der Waals surface area contributed by atoms with E-state index in [0.29, 0.717) is 30.3 Å². The number of ether oxygens (including phenoxy) is 2. The number of piperidine rings is 3. The maximum Gasteiger partial charge on any atom is 0.311 e. The van der Waals surface area contributed by atoms with E-state index < -0.39 is 5.41 Å². The minimum Gasteiger partial charge on any atom is -0.466 e. The van der Waals surface area contributed by atoms with E-state index in [1.807, 2.05) is 0 Å². The fourth-order valence-corrected chi connectivity index (χ4v) is 4.66. The van der Waals surface area contributed by atoms with Crippen LogP contribution < -0.4 is 10.5 Å². The average Bonchev–Trinajstić information content (AvgIpc) is 2.99. The molecule has 0 radical (unpaired) electrons. The number of aromatic nitrogens is 2. The van der Waals surface area contributed by atoms with Crippen molar-refractivity contribution in [1.29, 1.82) is 5.26 Å². The lowest BCUT2D eigenvalue weighted by Crippen LogP contribution is -2.59. The zero-order valence-corrected chi connectivity index (χ0v) is 14.2. The van der Waals surface area contributed by atoms with E-state index in [-0.39, 0.29) is 24.2 Å². The van der Waals surface area contributed by atoms with Crippen molar-refractivity contribution in [1.82, 2.24) is 15.1 Å². The monoisotopic (exact) mass is 343 g/mol. The van der Waals surface area contributed by atoms with Crippen LogP contribution in [-0.2, 0) is 21.4 Å². The molecule has 4 aliphatic rings. The van der Waals surface area contributed by atoms with E-state index in [4.69, 9.17) is 15.2 Å². The van der Waals surface area contributed by atoms with Crippen LogP contribution in [0.15, 0.2) is 11.5 Å². The SMILES string of the molecule is CCOC(=O)Cc1[nH]nc2c1C1(CN3CCC1CC3)C(C#N)=C(N)O2. The Labute approximate surface area is 145 Å². The first-order valence-electron chi connectivity index (χ1n) is 8.64. The molecule has 3 fully saturated rings. The van der Waals surface area contributed by atoms with Crippen molar-refractivity contribution in [3.63, 3.8) is 0 Å². The second-order valence-corrected chi connectivity index (χ2v) is 6.84. The summed E-state index contributed by atoms with van der Waals surface area (Å²) in [6.45, 7) is 4.84. The first kappa shape index (κ1) is 16.0. The maximum atomic E-state index is 12.0. The van der Waals surface area contributed by atoms with Gasteiger partial charge in [-0.1, -0.05) is 0 Å². The van der Waals surface area contributed by atoms with Gasteiger partial charge < -0.3 is 20.1 Å². The number of esters is 1. The molecule has 0 aliphatic carbocycles. The summed E-state index contributed by atoms with van der Waals surface area (Å²) in [5.41, 5.74) is 7.43. The summed E-state index contributed by atoms with van der Waals surface area (Å²) < 4.78 is 10.7. The number of nitrogens with zero attached hydrogens (tertiary/aromatic N) is 3. The third-order valence-corrected chi connectivity index (χ3v) is 5.65. The van der Waals surface area contributed by atoms with E-state index in [2.05, 4.69) is 21.2 Å². The highest BCUT2D eigenvalue weighted by molar-refractivity contribution is 5.73. The Balaban J connectivity index is 1.85. The molecule has 0 saturated carbocycles. The highest BCUT2D eigenvalue weighted by Gasteiger charge is 2.56. The van der Waals surface area contributed by atoms with Crippen molar-refractivity contribution in [2.24, 2.45) is 11.7 Å². The first-order chi connectivity index (χ1) is 12.1. The highest BCUT2D eigenvalue weighted by Crippen LogP contribution is 2.54. The van der Waals surface area contributed by atoms with E-state index in [9.17, 15) is 10.1 Å². The zero-order valence-electron chi connectivity index (χ0n) is 14.2. The molecule has 3 saturated heterocycles. The fourth-order valence-electron chi connectivity index (χ4n) is 4.66. The molecule has 1 unspecified atom stereocenters. The van der Waals surface area contributed by atoms with Crippen molar-refractivity contribution in [2.75, 3.05) is 26.2 Å². The van der Waals surface area contributed by atoms with Crippen molar-refractivity contribution in [3.8, 4) is 11.9 Å². The quantitative estimate of drug-likeness (QED) is 0.770. The van der Waals surface area contributed by atoms with Gasteiger partial charge in [0.2, 0.25) is 11.8 Å². The largest absolute Gasteiger partial charge is 0.466 e. The second-order valence-electron chi connectivity index (χ2n) is 6.84. The molecule has 2 bridgehead atoms. The molecule has 25 heavy (non-hydrogen) atoms. The number of nitriles is 1. The molecule has 1 aromatic rings. The number of nitrogens with one attached hydrogen (secondary N) is 1. The molecule has 132 valence electrons. The molecule has 8 nitrogen and oxygen atoms in total. The molecule has 4 aliphatic heterocycles. The van der Waals surface area contributed by atoms with Gasteiger partial charge >= 0.3 is 5.97 Å². The van der Waals surface area contributed by atoms with Crippen LogP contribution in [0, 0.1) is 17.2 Å². The molecule has 3 N–H and O–H groups in total. The van der Waals surface area contributed by atoms with Crippen LogP contribution in [-0.4, -0.2) is 47.3 Å². The topological polar surface area (TPSA) is 117 Å². The Kier molecular flexibility index (Phi) is 3.69. The van der Waals surface area contributed by atoms with Gasteiger partial charge in [-0.15, -0.1) is 5.10 Å². The van der Waals surface area contributed by atoms with Gasteiger partial charge in [-0.2, -0.15) is 5.26 Å². The zero-order chi connectivity index (χ0) is 17.6. The Bertz CT molecular complexity index is 785. The second kappa shape index (κ2) is 5.77. The minimum atomic E-state index is -0.558. The number of rotatable bonds is 3. The molecule has 0 aromatic carbocycles. The summed E-state index contributed by atoms with van der Waals surface area (Å²) in [6, 6.07) is 2.28. The fraction of sp³-hybridized carbons (Fsp3) is 0.588. The standard InChI is InChI=1S/C17H21N5O3/c1-2-24-13(23)7-12-14-16(21-20-12)25-15(19)11(8-18)17(14)9-22-5-3-10(17)4-6-22/h10H,2-7,9,19H2,1H3,(H,20,21). The number of carbonyl (C=O) groups is 1. The lowest BCUT2D eigenvalue weighted by atomic mass is 9.58. The average molecular weight is 343 g/mol. The van der Waals surface area contributed by atoms with Crippen molar-refractivity contribution in [2.45, 2.75) is 31.6 Å². The molecule has 0 amide bonds. The molecular weight excluding hydrogens is 322 g/mol. The third-order valence-electron chi connectivity index (χ3n) is 5.65. The van der Waals surface area contributed by atoms with Crippen LogP contribution in [0.4, 0.5) is 0 Å². The van der Waals surface area contributed by atoms with Crippen LogP contribution in [0.2, 0.25) is 0 Å². The number of H-pyrrole nitrogens is 1. The van der Waals surface area contributed by atoms with Gasteiger partial charge in [0.1, 0.15) is 11.6 Å². The lowest BCUT2D eigenvalue weighted by molar-refractivity contribution is -0.142. The number of fused-ring (bicyclic) bond motifs is 3. The van der Waals surface area contributed by atoms with Crippen LogP contribution in [0.3, 0.4) is 0 Å². The predicted octanol–water partition coefficient (Wildman–Crippen LogP) is 0.565. The molecule has 1 spiro atoms. The number of aromatic amines is 1. The maximum absolute atomic E-state index is 12.0. The van der Waals surface area contributed by atoms with Crippen LogP contribution in [0.25, 0.3) is 0 Å². The van der Waals surface area contributed by atoms with Crippen molar-refractivity contribution in [3.05, 3.63) is 22.7 Å². The van der Waals surface area contributed by atoms with Crippen LogP contribution >= 0.6 is 0 Å². The molecule has 5 rings (SSSR count).